The Bertz CT molecular complexity index is 961. The minimum atomic E-state index is -1.21. The van der Waals surface area contributed by atoms with Gasteiger partial charge in [0.15, 0.2) is 0 Å². The summed E-state index contributed by atoms with van der Waals surface area (Å²) in [6.07, 6.45) is 0.0845. The minimum Gasteiger partial charge on any atom is -0.480 e. The van der Waals surface area contributed by atoms with E-state index >= 15 is 0 Å². The van der Waals surface area contributed by atoms with Gasteiger partial charge in [0.25, 0.3) is 11.6 Å². The fourth-order valence-corrected chi connectivity index (χ4v) is 2.53. The van der Waals surface area contributed by atoms with Crippen LogP contribution in [0.4, 0.5) is 5.69 Å². The van der Waals surface area contributed by atoms with Gasteiger partial charge in [0, 0.05) is 24.1 Å². The lowest BCUT2D eigenvalue weighted by Crippen LogP contribution is -2.47. The van der Waals surface area contributed by atoms with Gasteiger partial charge in [0.2, 0.25) is 11.8 Å². The van der Waals surface area contributed by atoms with Crippen molar-refractivity contribution >= 4 is 29.4 Å². The van der Waals surface area contributed by atoms with Crippen molar-refractivity contribution in [1.82, 2.24) is 16.0 Å². The lowest BCUT2D eigenvalue weighted by atomic mass is 10.1. The van der Waals surface area contributed by atoms with E-state index in [4.69, 9.17) is 0 Å². The highest BCUT2D eigenvalue weighted by Gasteiger charge is 2.20. The van der Waals surface area contributed by atoms with Gasteiger partial charge in [-0.3, -0.25) is 24.5 Å². The second-order valence-electron chi connectivity index (χ2n) is 6.41. The lowest BCUT2D eigenvalue weighted by molar-refractivity contribution is -0.384. The first kappa shape index (κ1) is 23.0. The first-order valence-corrected chi connectivity index (χ1v) is 9.11. The largest absolute Gasteiger partial charge is 0.480 e. The topological polar surface area (TPSA) is 168 Å². The van der Waals surface area contributed by atoms with Crippen LogP contribution in [0.3, 0.4) is 0 Å². The Hall–Kier alpha value is -4.28. The average molecular weight is 428 g/mol. The maximum Gasteiger partial charge on any atom is 0.326 e. The SMILES string of the molecule is O=C(CNC(=O)c1ccc([N+](=O)[O-])cc1)NCC(=O)NC(Cc1ccccc1)C(=O)O. The summed E-state index contributed by atoms with van der Waals surface area (Å²) in [5.41, 5.74) is 0.682. The molecule has 0 fully saturated rings. The molecule has 3 amide bonds. The second kappa shape index (κ2) is 11.0. The number of non-ortho nitro benzene ring substituents is 1. The molecule has 11 heteroatoms. The Kier molecular flexibility index (Phi) is 8.20. The van der Waals surface area contributed by atoms with Crippen molar-refractivity contribution in [3.8, 4) is 0 Å². The molecular weight excluding hydrogens is 408 g/mol. The van der Waals surface area contributed by atoms with Crippen molar-refractivity contribution in [3.05, 3.63) is 75.8 Å². The minimum absolute atomic E-state index is 0.0845. The molecule has 162 valence electrons. The van der Waals surface area contributed by atoms with Crippen LogP contribution in [0.25, 0.3) is 0 Å². The molecular formula is C20H20N4O7. The second-order valence-corrected chi connectivity index (χ2v) is 6.41. The summed E-state index contributed by atoms with van der Waals surface area (Å²) >= 11 is 0. The lowest BCUT2D eigenvalue weighted by Gasteiger charge is -2.15. The van der Waals surface area contributed by atoms with E-state index in [2.05, 4.69) is 16.0 Å². The van der Waals surface area contributed by atoms with Crippen LogP contribution in [0, 0.1) is 10.1 Å². The highest BCUT2D eigenvalue weighted by molar-refractivity contribution is 5.97. The summed E-state index contributed by atoms with van der Waals surface area (Å²) < 4.78 is 0. The van der Waals surface area contributed by atoms with E-state index in [0.717, 1.165) is 17.7 Å². The van der Waals surface area contributed by atoms with E-state index < -0.39 is 47.7 Å². The van der Waals surface area contributed by atoms with Crippen molar-refractivity contribution in [2.75, 3.05) is 13.1 Å². The molecule has 0 aliphatic heterocycles. The van der Waals surface area contributed by atoms with Crippen molar-refractivity contribution in [2.24, 2.45) is 0 Å². The molecule has 0 heterocycles. The number of nitro groups is 1. The predicted molar refractivity (Wildman–Crippen MR) is 108 cm³/mol. The quantitative estimate of drug-likeness (QED) is 0.311. The molecule has 2 aromatic rings. The molecule has 0 radical (unpaired) electrons. The number of nitro benzene ring substituents is 1. The molecule has 0 saturated carbocycles. The van der Waals surface area contributed by atoms with Crippen LogP contribution in [-0.4, -0.2) is 52.9 Å². The van der Waals surface area contributed by atoms with Crippen molar-refractivity contribution in [1.29, 1.82) is 0 Å². The van der Waals surface area contributed by atoms with Crippen molar-refractivity contribution in [3.63, 3.8) is 0 Å². The van der Waals surface area contributed by atoms with E-state index in [1.165, 1.54) is 12.1 Å². The molecule has 0 aliphatic rings. The highest BCUT2D eigenvalue weighted by Crippen LogP contribution is 2.11. The molecule has 2 aromatic carbocycles. The van der Waals surface area contributed by atoms with Crippen LogP contribution >= 0.6 is 0 Å². The van der Waals surface area contributed by atoms with E-state index in [1.54, 1.807) is 30.3 Å². The number of carboxylic acid groups (broad SMARTS) is 1. The smallest absolute Gasteiger partial charge is 0.326 e. The van der Waals surface area contributed by atoms with Gasteiger partial charge in [0.05, 0.1) is 18.0 Å². The van der Waals surface area contributed by atoms with Crippen LogP contribution in [0.15, 0.2) is 54.6 Å². The third-order valence-corrected chi connectivity index (χ3v) is 4.11. The summed E-state index contributed by atoms with van der Waals surface area (Å²) in [5, 5.41) is 26.8. The molecule has 4 N–H and O–H groups in total. The molecule has 0 aliphatic carbocycles. The fourth-order valence-electron chi connectivity index (χ4n) is 2.53. The Morgan fingerprint density at radius 3 is 2.10 bits per heavy atom. The number of carbonyl (C=O) groups is 4. The number of rotatable bonds is 10. The highest BCUT2D eigenvalue weighted by atomic mass is 16.6. The first-order chi connectivity index (χ1) is 14.8. The number of carbonyl (C=O) groups excluding carboxylic acids is 3. The van der Waals surface area contributed by atoms with Gasteiger partial charge in [0.1, 0.15) is 6.04 Å². The maximum atomic E-state index is 12.0. The number of amides is 3. The molecule has 0 aromatic heterocycles. The monoisotopic (exact) mass is 428 g/mol. The zero-order valence-electron chi connectivity index (χ0n) is 16.2. The van der Waals surface area contributed by atoms with Crippen LogP contribution in [0.5, 0.6) is 0 Å². The van der Waals surface area contributed by atoms with E-state index in [0.29, 0.717) is 0 Å². The fraction of sp³-hybridized carbons (Fsp3) is 0.200. The van der Waals surface area contributed by atoms with Gasteiger partial charge < -0.3 is 21.1 Å². The van der Waals surface area contributed by atoms with E-state index in [9.17, 15) is 34.4 Å². The van der Waals surface area contributed by atoms with E-state index in [1.807, 2.05) is 0 Å². The van der Waals surface area contributed by atoms with E-state index in [-0.39, 0.29) is 17.7 Å². The summed E-state index contributed by atoms with van der Waals surface area (Å²) in [7, 11) is 0. The van der Waals surface area contributed by atoms with Crippen molar-refractivity contribution in [2.45, 2.75) is 12.5 Å². The number of hydrogen-bond acceptors (Lipinski definition) is 6. The average Bonchev–Trinajstić information content (AvgIpc) is 2.76. The summed E-state index contributed by atoms with van der Waals surface area (Å²) in [6.45, 7) is -0.902. The van der Waals surface area contributed by atoms with Crippen LogP contribution in [0.2, 0.25) is 0 Å². The maximum absolute atomic E-state index is 12.0. The molecule has 0 bridgehead atoms. The summed E-state index contributed by atoms with van der Waals surface area (Å²) in [4.78, 5) is 57.1. The number of aliphatic carboxylic acids is 1. The zero-order valence-corrected chi connectivity index (χ0v) is 16.2. The number of benzene rings is 2. The normalized spacial score (nSPS) is 11.1. The third kappa shape index (κ3) is 7.57. The van der Waals surface area contributed by atoms with Crippen LogP contribution in [-0.2, 0) is 20.8 Å². The third-order valence-electron chi connectivity index (χ3n) is 4.11. The first-order valence-electron chi connectivity index (χ1n) is 9.11. The molecule has 0 saturated heterocycles. The number of carboxylic acids is 1. The zero-order chi connectivity index (χ0) is 22.8. The Labute approximate surface area is 176 Å². The van der Waals surface area contributed by atoms with Gasteiger partial charge in [-0.15, -0.1) is 0 Å². The van der Waals surface area contributed by atoms with Gasteiger partial charge in [-0.1, -0.05) is 30.3 Å². The molecule has 31 heavy (non-hydrogen) atoms. The number of nitrogens with zero attached hydrogens (tertiary/aromatic N) is 1. The molecule has 11 nitrogen and oxygen atoms in total. The molecule has 2 rings (SSSR count). The standard InChI is InChI=1S/C20H20N4O7/c25-17(11-22-19(27)14-6-8-15(9-7-14)24(30)31)21-12-18(26)23-16(20(28)29)10-13-4-2-1-3-5-13/h1-9,16H,10-12H2,(H,21,25)(H,22,27)(H,23,26)(H,28,29). The van der Waals surface area contributed by atoms with Gasteiger partial charge in [-0.2, -0.15) is 0 Å². The van der Waals surface area contributed by atoms with Gasteiger partial charge >= 0.3 is 5.97 Å². The number of hydrogen-bond donors (Lipinski definition) is 4. The predicted octanol–water partition coefficient (Wildman–Crippen LogP) is 0.253. The van der Waals surface area contributed by atoms with Gasteiger partial charge in [-0.25, -0.2) is 4.79 Å². The molecule has 1 atom stereocenters. The van der Waals surface area contributed by atoms with Crippen LogP contribution < -0.4 is 16.0 Å². The molecule has 0 spiro atoms. The Morgan fingerprint density at radius 1 is 0.903 bits per heavy atom. The van der Waals surface area contributed by atoms with Crippen LogP contribution in [0.1, 0.15) is 15.9 Å². The Balaban J connectivity index is 1.76. The Morgan fingerprint density at radius 2 is 1.52 bits per heavy atom. The summed E-state index contributed by atoms with van der Waals surface area (Å²) in [6, 6.07) is 12.4. The van der Waals surface area contributed by atoms with Gasteiger partial charge in [-0.05, 0) is 17.7 Å². The molecule has 1 unspecified atom stereocenters. The number of nitrogens with one attached hydrogen (secondary N) is 3. The summed E-state index contributed by atoms with van der Waals surface area (Å²) in [5.74, 6) is -3.19. The van der Waals surface area contributed by atoms with Crippen molar-refractivity contribution < 1.29 is 29.2 Å².